The molecule has 0 saturated heterocycles. The highest BCUT2D eigenvalue weighted by Gasteiger charge is 2.31. The van der Waals surface area contributed by atoms with Crippen molar-refractivity contribution in [2.75, 3.05) is 134 Å². The van der Waals surface area contributed by atoms with Crippen molar-refractivity contribution in [3.8, 4) is 0 Å². The lowest BCUT2D eigenvalue weighted by molar-refractivity contribution is -0.157. The Morgan fingerprint density at radius 2 is 0.871 bits per heavy atom. The highest BCUT2D eigenvalue weighted by atomic mass is 35.5. The van der Waals surface area contributed by atoms with E-state index in [-0.39, 0.29) is 213 Å². The number of rotatable bonds is 47. The molecule has 50 heteroatoms. The first-order valence-corrected chi connectivity index (χ1v) is 48.2. The van der Waals surface area contributed by atoms with E-state index in [1.807, 2.05) is 88.4 Å². The highest BCUT2D eigenvalue weighted by molar-refractivity contribution is 6.34. The van der Waals surface area contributed by atoms with Crippen molar-refractivity contribution in [2.45, 2.75) is 183 Å². The molecule has 0 saturated carbocycles. The van der Waals surface area contributed by atoms with Gasteiger partial charge in [0.05, 0.1) is 122 Å². The fourth-order valence-electron chi connectivity index (χ4n) is 14.4. The van der Waals surface area contributed by atoms with Gasteiger partial charge in [-0.2, -0.15) is 39.9 Å². The number of aliphatic hydroxyl groups is 2. The number of ether oxygens (including phenoxy) is 4. The number of anilines is 12. The molecule has 0 bridgehead atoms. The molecule has 784 valence electrons. The Labute approximate surface area is 857 Å². The molecule has 0 unspecified atom stereocenters. The molecule has 4 aromatic carbocycles. The number of aliphatic hydroxyl groups excluding tert-OH is 2. The SMILES string of the molecule is CC(C)[C@H](CO)Nc1nc(Nc2ccc(C(=O)NCCOCCNC(=O)CC[C@H](NC(=O)c3ccc(N(C)Cc4cnc5nc(N)nc(N)c5n4)cc3)C(=O)O)c(Cl)c2)c2ncn(C(C)C)c2n1.CC(C)[C@H](CO)Nc1nc(Nc2ccc(C(=O)NCCOCCNC(=O)CC[C@H](NC(=O)c3ccc(N(C)Cc4cnc5nc(N)nc(NC(=O)OC(C)(C)C)c5n4)cc3)C(=O)OC(C)(C)C)c(Cl)c2)c2ncn(C(C)C)c2n1. The Hall–Kier alpha value is -15.5. The summed E-state index contributed by atoms with van der Waals surface area (Å²) < 4.78 is 26.0. The molecule has 48 nitrogen and oxygen atoms in total. The zero-order valence-electron chi connectivity index (χ0n) is 84.5. The van der Waals surface area contributed by atoms with Gasteiger partial charge < -0.3 is 124 Å². The molecule has 8 aromatic heterocycles. The lowest BCUT2D eigenvalue weighted by Gasteiger charge is -2.24. The highest BCUT2D eigenvalue weighted by Crippen LogP contribution is 2.34. The molecule has 0 aliphatic carbocycles. The summed E-state index contributed by atoms with van der Waals surface area (Å²) >= 11 is 13.2. The van der Waals surface area contributed by atoms with Crippen LogP contribution in [0.15, 0.2) is 110 Å². The molecular formula is C97H126Cl2N32O16. The van der Waals surface area contributed by atoms with Gasteiger partial charge in [0.1, 0.15) is 23.3 Å². The summed E-state index contributed by atoms with van der Waals surface area (Å²) in [5, 5.41) is 61.6. The van der Waals surface area contributed by atoms with E-state index in [9.17, 15) is 58.5 Å². The zero-order valence-corrected chi connectivity index (χ0v) is 86.0. The minimum atomic E-state index is -1.31. The number of hydrogen-bond donors (Lipinski definition) is 17. The Kier molecular flexibility index (Phi) is 39.0. The van der Waals surface area contributed by atoms with Crippen LogP contribution in [-0.4, -0.2) is 263 Å². The van der Waals surface area contributed by atoms with E-state index >= 15 is 0 Å². The van der Waals surface area contributed by atoms with Crippen LogP contribution in [0.25, 0.3) is 44.7 Å². The van der Waals surface area contributed by atoms with Gasteiger partial charge in [0.15, 0.2) is 67.9 Å². The molecule has 4 atom stereocenters. The van der Waals surface area contributed by atoms with Gasteiger partial charge in [-0.25, -0.2) is 44.3 Å². The quantitative estimate of drug-likeness (QED) is 0.0125. The Morgan fingerprint density at radius 1 is 0.463 bits per heavy atom. The van der Waals surface area contributed by atoms with E-state index in [1.54, 1.807) is 145 Å². The largest absolute Gasteiger partial charge is 0.480 e. The lowest BCUT2D eigenvalue weighted by Crippen LogP contribution is -2.45. The first-order chi connectivity index (χ1) is 69.8. The maximum absolute atomic E-state index is 13.5. The zero-order chi connectivity index (χ0) is 107. The number of nitrogens with one attached hydrogen (secondary N) is 11. The molecule has 7 amide bonds. The number of imidazole rings is 2. The molecule has 20 N–H and O–H groups in total. The van der Waals surface area contributed by atoms with Crippen LogP contribution in [0.1, 0.15) is 188 Å². The van der Waals surface area contributed by atoms with Crippen molar-refractivity contribution >= 4 is 191 Å². The number of carbonyl (C=O) groups is 9. The van der Waals surface area contributed by atoms with Gasteiger partial charge in [0, 0.05) is 99.1 Å². The number of fused-ring (bicyclic) bond motifs is 4. The van der Waals surface area contributed by atoms with Crippen molar-refractivity contribution in [3.05, 3.63) is 154 Å². The number of amides is 7. The van der Waals surface area contributed by atoms with Crippen molar-refractivity contribution < 1.29 is 77.4 Å². The fourth-order valence-corrected chi connectivity index (χ4v) is 14.9. The van der Waals surface area contributed by atoms with Crippen LogP contribution in [0.3, 0.4) is 0 Å². The minimum Gasteiger partial charge on any atom is -0.480 e. The number of esters is 1. The molecule has 8 heterocycles. The first-order valence-electron chi connectivity index (χ1n) is 47.4. The Balaban J connectivity index is 0.000000283. The number of carboxylic acids is 1. The number of hydrogen-bond acceptors (Lipinski definition) is 38. The van der Waals surface area contributed by atoms with Crippen LogP contribution in [0.2, 0.25) is 10.0 Å². The number of aromatic nitrogens is 16. The molecule has 0 spiro atoms. The van der Waals surface area contributed by atoms with Gasteiger partial charge in [-0.05, 0) is 179 Å². The van der Waals surface area contributed by atoms with Crippen LogP contribution in [-0.2, 0) is 51.2 Å². The molecule has 0 fully saturated rings. The van der Waals surface area contributed by atoms with Crippen LogP contribution in [0.4, 0.5) is 74.6 Å². The second-order valence-corrected chi connectivity index (χ2v) is 38.3. The second-order valence-electron chi connectivity index (χ2n) is 37.5. The second kappa shape index (κ2) is 51.3. The normalized spacial score (nSPS) is 12.4. The van der Waals surface area contributed by atoms with Crippen molar-refractivity contribution in [1.82, 2.24) is 111 Å². The van der Waals surface area contributed by atoms with Gasteiger partial charge in [0.25, 0.3) is 23.6 Å². The number of nitrogen functional groups attached to an aromatic ring is 3. The summed E-state index contributed by atoms with van der Waals surface area (Å²) in [5.74, 6) is -3.03. The van der Waals surface area contributed by atoms with Gasteiger partial charge in [-0.15, -0.1) is 0 Å². The number of nitrogens with two attached hydrogens (primary N) is 3. The van der Waals surface area contributed by atoms with Gasteiger partial charge in [-0.3, -0.25) is 34.1 Å². The van der Waals surface area contributed by atoms with Crippen molar-refractivity contribution in [2.24, 2.45) is 11.8 Å². The summed E-state index contributed by atoms with van der Waals surface area (Å²) in [6.45, 7) is 27.9. The molecule has 0 aliphatic heterocycles. The summed E-state index contributed by atoms with van der Waals surface area (Å²) in [7, 11) is 3.63. The van der Waals surface area contributed by atoms with E-state index in [2.05, 4.69) is 123 Å². The lowest BCUT2D eigenvalue weighted by atomic mass is 10.1. The van der Waals surface area contributed by atoms with E-state index < -0.39 is 70.9 Å². The summed E-state index contributed by atoms with van der Waals surface area (Å²) in [5.41, 5.74) is 23.7. The van der Waals surface area contributed by atoms with E-state index in [0.29, 0.717) is 80.7 Å². The molecule has 12 rings (SSSR count). The van der Waals surface area contributed by atoms with Crippen molar-refractivity contribution in [3.63, 3.8) is 0 Å². The van der Waals surface area contributed by atoms with E-state index in [4.69, 9.17) is 64.3 Å². The standard InChI is InChI=1S/C53H71ClN16O9.C44H55ClN16O7/c1-29(2)38(27-71)63-50-66-44(41-45(68-50)70(28-59-41)30(3)4)61-32-14-17-35(36(54)24-32)47(74)57-21-23-77-22-20-56-39(72)19-18-37(48(75)78-52(5,6)7)62-46(73)31-12-15-34(16-13-31)69(11)26-33-25-58-42-40(60-33)43(65-49(55)64-42)67-51(76)79-53(8,9)10;1-23(2)32(21-62)55-44-58-38(35-39(59-44)61(22-51-35)24(3)4)53-26-8-11-29(30(45)18-26)41(65)49-15-17-68-16-14-48-33(63)13-12-31(42(66)67)54-40(64)25-6-9-28(10-7-25)60(5)20-27-19-50-37-34(52-27)36(46)56-43(47)57-37/h12-17,24-25,28-30,37-38,71H,18-23,26-27H2,1-11H3,(H,56,72)(H,57,74)(H,62,73)(H2,61,63,66,68)(H3,55,58,64,65,67,76);6-11,18-19,22-24,31-32,62H,12-17,20-21H2,1-5H3,(H,48,63)(H,49,65)(H,54,64)(H,66,67)(H2,53,55,58,59)(H4,46,47,50,56,57)/t37-,38-;31-,32-/m00/s1. The molecule has 12 aromatic rings. The van der Waals surface area contributed by atoms with Gasteiger partial charge >= 0.3 is 18.0 Å². The Bertz CT molecular complexity index is 6660. The molecule has 0 radical (unpaired) electrons. The van der Waals surface area contributed by atoms with E-state index in [0.717, 1.165) is 11.4 Å². The molecule has 147 heavy (non-hydrogen) atoms. The third-order valence-corrected chi connectivity index (χ3v) is 22.8. The maximum atomic E-state index is 13.5. The number of aliphatic carboxylic acids is 1. The van der Waals surface area contributed by atoms with Crippen LogP contribution in [0, 0.1) is 11.8 Å². The summed E-state index contributed by atoms with van der Waals surface area (Å²) in [6, 6.07) is 20.1. The molecule has 0 aliphatic rings. The number of benzene rings is 4. The minimum absolute atomic E-state index is 0.000340. The first kappa shape index (κ1) is 112. The van der Waals surface area contributed by atoms with Gasteiger partial charge in [-0.1, -0.05) is 50.9 Å². The number of carboxylic acid groups (broad SMARTS) is 1. The van der Waals surface area contributed by atoms with Crippen LogP contribution >= 0.6 is 23.2 Å². The smallest absolute Gasteiger partial charge is 0.413 e. The van der Waals surface area contributed by atoms with Crippen LogP contribution in [0.5, 0.6) is 0 Å². The number of halogens is 2. The average molecular weight is 2070 g/mol. The fraction of sp³-hybridized carbons (Fsp3) is 0.433. The maximum Gasteiger partial charge on any atom is 0.413 e. The predicted molar refractivity (Wildman–Crippen MR) is 557 cm³/mol. The van der Waals surface area contributed by atoms with Crippen LogP contribution < -0.4 is 85.5 Å². The summed E-state index contributed by atoms with van der Waals surface area (Å²) in [4.78, 5) is 181. The number of nitrogens with zero attached hydrogens (tertiary/aromatic N) is 18. The third-order valence-electron chi connectivity index (χ3n) is 22.2. The predicted octanol–water partition coefficient (Wildman–Crippen LogP) is 9.61. The average Bonchev–Trinajstić information content (AvgIpc) is 1.62. The monoisotopic (exact) mass is 2060 g/mol. The molecular weight excluding hydrogens is 1940 g/mol. The topological polar surface area (TPSA) is 658 Å². The summed E-state index contributed by atoms with van der Waals surface area (Å²) in [6.07, 6.45) is 5.26. The Morgan fingerprint density at radius 3 is 1.28 bits per heavy atom. The van der Waals surface area contributed by atoms with E-state index in [1.165, 1.54) is 6.20 Å². The van der Waals surface area contributed by atoms with Gasteiger partial charge in [0.2, 0.25) is 35.6 Å². The number of carbonyl (C=O) groups excluding carboxylic acids is 8. The van der Waals surface area contributed by atoms with Crippen molar-refractivity contribution in [1.29, 1.82) is 0 Å². The third kappa shape index (κ3) is 32.2.